The molecule has 14 heavy (non-hydrogen) atoms. The Labute approximate surface area is 87.6 Å². The van der Waals surface area contributed by atoms with Crippen LogP contribution in [-0.4, -0.2) is 28.0 Å². The molecule has 1 rings (SSSR count). The maximum absolute atomic E-state index is 9.62. The highest BCUT2D eigenvalue weighted by atomic mass is 35.5. The second kappa shape index (κ2) is 5.32. The van der Waals surface area contributed by atoms with Crippen LogP contribution < -0.4 is 0 Å². The SMILES string of the molecule is OCCC(O)C(O)c1cccc(Cl)c1. The van der Waals surface area contributed by atoms with Crippen LogP contribution in [0.15, 0.2) is 24.3 Å². The Balaban J connectivity index is 2.73. The normalized spacial score (nSPS) is 15.1. The zero-order chi connectivity index (χ0) is 10.6. The van der Waals surface area contributed by atoms with Gasteiger partial charge in [-0.05, 0) is 24.1 Å². The van der Waals surface area contributed by atoms with Crippen molar-refractivity contribution < 1.29 is 15.3 Å². The Morgan fingerprint density at radius 3 is 2.57 bits per heavy atom. The molecule has 2 atom stereocenters. The van der Waals surface area contributed by atoms with Crippen LogP contribution in [0.1, 0.15) is 18.1 Å². The van der Waals surface area contributed by atoms with Gasteiger partial charge in [0.05, 0.1) is 6.10 Å². The Morgan fingerprint density at radius 2 is 2.00 bits per heavy atom. The smallest absolute Gasteiger partial charge is 0.105 e. The fourth-order valence-electron chi connectivity index (χ4n) is 1.20. The summed E-state index contributed by atoms with van der Waals surface area (Å²) in [5.41, 5.74) is 0.554. The molecule has 0 aliphatic heterocycles. The number of halogens is 1. The molecule has 0 aliphatic carbocycles. The molecule has 0 bridgehead atoms. The van der Waals surface area contributed by atoms with E-state index in [-0.39, 0.29) is 13.0 Å². The lowest BCUT2D eigenvalue weighted by Crippen LogP contribution is -2.19. The topological polar surface area (TPSA) is 60.7 Å². The first-order chi connectivity index (χ1) is 6.65. The first-order valence-corrected chi connectivity index (χ1v) is 4.75. The van der Waals surface area contributed by atoms with E-state index < -0.39 is 12.2 Å². The Kier molecular flexibility index (Phi) is 4.35. The summed E-state index contributed by atoms with van der Waals surface area (Å²) in [6.07, 6.45) is -1.81. The third-order valence-corrected chi connectivity index (χ3v) is 2.21. The molecule has 3 nitrogen and oxygen atoms in total. The molecule has 1 aromatic rings. The third kappa shape index (κ3) is 2.96. The molecule has 0 amide bonds. The highest BCUT2D eigenvalue weighted by molar-refractivity contribution is 6.30. The summed E-state index contributed by atoms with van der Waals surface area (Å²) in [7, 11) is 0. The molecular formula is C10H13ClO3. The van der Waals surface area contributed by atoms with E-state index in [0.717, 1.165) is 0 Å². The summed E-state index contributed by atoms with van der Waals surface area (Å²) >= 11 is 5.73. The summed E-state index contributed by atoms with van der Waals surface area (Å²) in [6, 6.07) is 6.66. The van der Waals surface area contributed by atoms with E-state index in [0.29, 0.717) is 10.6 Å². The average molecular weight is 217 g/mol. The maximum atomic E-state index is 9.62. The lowest BCUT2D eigenvalue weighted by atomic mass is 10.0. The van der Waals surface area contributed by atoms with Gasteiger partial charge in [-0.25, -0.2) is 0 Å². The van der Waals surface area contributed by atoms with E-state index in [9.17, 15) is 10.2 Å². The van der Waals surface area contributed by atoms with Gasteiger partial charge in [-0.2, -0.15) is 0 Å². The van der Waals surface area contributed by atoms with Gasteiger partial charge in [0, 0.05) is 11.6 Å². The van der Waals surface area contributed by atoms with Crippen molar-refractivity contribution in [3.8, 4) is 0 Å². The van der Waals surface area contributed by atoms with Gasteiger partial charge in [0.25, 0.3) is 0 Å². The van der Waals surface area contributed by atoms with Gasteiger partial charge < -0.3 is 15.3 Å². The molecule has 4 heteroatoms. The lowest BCUT2D eigenvalue weighted by Gasteiger charge is -2.17. The first-order valence-electron chi connectivity index (χ1n) is 4.37. The van der Waals surface area contributed by atoms with Crippen molar-refractivity contribution in [2.45, 2.75) is 18.6 Å². The number of hydrogen-bond donors (Lipinski definition) is 3. The molecule has 0 spiro atoms. The second-order valence-electron chi connectivity index (χ2n) is 3.08. The predicted octanol–water partition coefficient (Wildman–Crippen LogP) is 1.12. The maximum Gasteiger partial charge on any atom is 0.105 e. The van der Waals surface area contributed by atoms with Crippen LogP contribution >= 0.6 is 11.6 Å². The van der Waals surface area contributed by atoms with Crippen LogP contribution in [0.5, 0.6) is 0 Å². The van der Waals surface area contributed by atoms with Crippen LogP contribution in [0, 0.1) is 0 Å². The fraction of sp³-hybridized carbons (Fsp3) is 0.400. The van der Waals surface area contributed by atoms with Gasteiger partial charge in [0.15, 0.2) is 0 Å². The molecular weight excluding hydrogens is 204 g/mol. The van der Waals surface area contributed by atoms with E-state index in [1.54, 1.807) is 24.3 Å². The molecule has 2 unspecified atom stereocenters. The molecule has 0 radical (unpaired) electrons. The molecule has 0 aromatic heterocycles. The third-order valence-electron chi connectivity index (χ3n) is 1.98. The minimum atomic E-state index is -0.999. The van der Waals surface area contributed by atoms with Crippen LogP contribution in [0.3, 0.4) is 0 Å². The number of hydrogen-bond acceptors (Lipinski definition) is 3. The molecule has 78 valence electrons. The molecule has 0 heterocycles. The van der Waals surface area contributed by atoms with E-state index in [1.807, 2.05) is 0 Å². The summed E-state index contributed by atoms with van der Waals surface area (Å²) < 4.78 is 0. The monoisotopic (exact) mass is 216 g/mol. The zero-order valence-electron chi connectivity index (χ0n) is 7.60. The van der Waals surface area contributed by atoms with Gasteiger partial charge in [-0.1, -0.05) is 23.7 Å². The van der Waals surface area contributed by atoms with Gasteiger partial charge in [-0.3, -0.25) is 0 Å². The van der Waals surface area contributed by atoms with Crippen molar-refractivity contribution >= 4 is 11.6 Å². The summed E-state index contributed by atoms with van der Waals surface area (Å²) in [6.45, 7) is -0.154. The van der Waals surface area contributed by atoms with Crippen LogP contribution in [0.4, 0.5) is 0 Å². The standard InChI is InChI=1S/C10H13ClO3/c11-8-3-1-2-7(6-8)10(14)9(13)4-5-12/h1-3,6,9-10,12-14H,4-5H2. The first kappa shape index (κ1) is 11.5. The minimum Gasteiger partial charge on any atom is -0.396 e. The van der Waals surface area contributed by atoms with Gasteiger partial charge in [0.2, 0.25) is 0 Å². The van der Waals surface area contributed by atoms with Crippen molar-refractivity contribution in [3.63, 3.8) is 0 Å². The zero-order valence-corrected chi connectivity index (χ0v) is 8.35. The van der Waals surface area contributed by atoms with Gasteiger partial charge in [0.1, 0.15) is 6.10 Å². The predicted molar refractivity (Wildman–Crippen MR) is 54.1 cm³/mol. The van der Waals surface area contributed by atoms with Crippen LogP contribution in [0.25, 0.3) is 0 Å². The fourth-order valence-corrected chi connectivity index (χ4v) is 1.40. The molecule has 0 fully saturated rings. The van der Waals surface area contributed by atoms with Crippen molar-refractivity contribution in [3.05, 3.63) is 34.9 Å². The van der Waals surface area contributed by atoms with Gasteiger partial charge in [-0.15, -0.1) is 0 Å². The number of benzene rings is 1. The molecule has 3 N–H and O–H groups in total. The van der Waals surface area contributed by atoms with E-state index in [4.69, 9.17) is 16.7 Å². The molecule has 0 saturated heterocycles. The average Bonchev–Trinajstić information content (AvgIpc) is 2.17. The van der Waals surface area contributed by atoms with E-state index >= 15 is 0 Å². The van der Waals surface area contributed by atoms with Crippen molar-refractivity contribution in [1.82, 2.24) is 0 Å². The largest absolute Gasteiger partial charge is 0.396 e. The molecule has 0 saturated carbocycles. The summed E-state index contributed by atoms with van der Waals surface area (Å²) in [5, 5.41) is 28.1. The highest BCUT2D eigenvalue weighted by Gasteiger charge is 2.17. The van der Waals surface area contributed by atoms with Gasteiger partial charge >= 0.3 is 0 Å². The van der Waals surface area contributed by atoms with Crippen LogP contribution in [-0.2, 0) is 0 Å². The number of rotatable bonds is 4. The van der Waals surface area contributed by atoms with Crippen LogP contribution in [0.2, 0.25) is 5.02 Å². The van der Waals surface area contributed by atoms with E-state index in [2.05, 4.69) is 0 Å². The lowest BCUT2D eigenvalue weighted by molar-refractivity contribution is 0.00422. The Hall–Kier alpha value is -0.610. The molecule has 1 aromatic carbocycles. The quantitative estimate of drug-likeness (QED) is 0.707. The Bertz CT molecular complexity index is 290. The summed E-state index contributed by atoms with van der Waals surface area (Å²) in [4.78, 5) is 0. The van der Waals surface area contributed by atoms with Crippen molar-refractivity contribution in [1.29, 1.82) is 0 Å². The van der Waals surface area contributed by atoms with Crippen molar-refractivity contribution in [2.75, 3.05) is 6.61 Å². The summed E-state index contributed by atoms with van der Waals surface area (Å²) in [5.74, 6) is 0. The number of aliphatic hydroxyl groups excluding tert-OH is 3. The second-order valence-corrected chi connectivity index (χ2v) is 3.52. The highest BCUT2D eigenvalue weighted by Crippen LogP contribution is 2.21. The van der Waals surface area contributed by atoms with Crippen molar-refractivity contribution in [2.24, 2.45) is 0 Å². The number of aliphatic hydroxyl groups is 3. The Morgan fingerprint density at radius 1 is 1.29 bits per heavy atom. The minimum absolute atomic E-state index is 0.147. The van der Waals surface area contributed by atoms with E-state index in [1.165, 1.54) is 0 Å². The molecule has 0 aliphatic rings.